The van der Waals surface area contributed by atoms with E-state index in [1.807, 2.05) is 0 Å². The lowest BCUT2D eigenvalue weighted by Gasteiger charge is -2.41. The number of likely N-dealkylation sites (tertiary alicyclic amines) is 1. The van der Waals surface area contributed by atoms with Gasteiger partial charge in [0.2, 0.25) is 0 Å². The number of hydrogen-bond donors (Lipinski definition) is 1. The van der Waals surface area contributed by atoms with Crippen LogP contribution in [-0.2, 0) is 6.54 Å². The van der Waals surface area contributed by atoms with Crippen LogP contribution < -0.4 is 5.32 Å². The topological polar surface area (TPSA) is 15.3 Å². The Morgan fingerprint density at radius 1 is 1.17 bits per heavy atom. The van der Waals surface area contributed by atoms with Gasteiger partial charge in [0.05, 0.1) is 0 Å². The van der Waals surface area contributed by atoms with Crippen LogP contribution in [0.5, 0.6) is 0 Å². The van der Waals surface area contributed by atoms with Crippen molar-refractivity contribution in [3.63, 3.8) is 0 Å². The molecule has 2 nitrogen and oxygen atoms in total. The van der Waals surface area contributed by atoms with Crippen LogP contribution in [0.25, 0.3) is 0 Å². The number of nitrogens with one attached hydrogen (secondary N) is 1. The second kappa shape index (κ2) is 5.72. The Bertz CT molecular complexity index is 390. The van der Waals surface area contributed by atoms with E-state index >= 15 is 0 Å². The molecule has 2 atom stereocenters. The van der Waals surface area contributed by atoms with Crippen LogP contribution in [0.3, 0.4) is 0 Å². The van der Waals surface area contributed by atoms with Gasteiger partial charge in [0, 0.05) is 17.6 Å². The third kappa shape index (κ3) is 2.95. The van der Waals surface area contributed by atoms with Crippen LogP contribution in [0.2, 0.25) is 0 Å². The molecule has 3 rings (SSSR count). The number of nitrogens with zero attached hydrogens (tertiary/aromatic N) is 1. The van der Waals surface area contributed by atoms with E-state index in [9.17, 15) is 0 Å². The predicted molar refractivity (Wildman–Crippen MR) is 78.5 cm³/mol. The summed E-state index contributed by atoms with van der Waals surface area (Å²) >= 11 is 3.50. The smallest absolute Gasteiger partial charge is 0.0233 e. The largest absolute Gasteiger partial charge is 0.316 e. The van der Waals surface area contributed by atoms with Gasteiger partial charge in [0.15, 0.2) is 0 Å². The van der Waals surface area contributed by atoms with E-state index in [0.29, 0.717) is 0 Å². The minimum atomic E-state index is 0.926. The van der Waals surface area contributed by atoms with Crippen molar-refractivity contribution in [2.24, 2.45) is 11.8 Å². The molecule has 1 aromatic carbocycles. The molecule has 0 saturated carbocycles. The minimum Gasteiger partial charge on any atom is -0.316 e. The average Bonchev–Trinajstić information content (AvgIpc) is 2.41. The number of benzene rings is 1. The summed E-state index contributed by atoms with van der Waals surface area (Å²) in [6, 6.07) is 8.76. The normalized spacial score (nSPS) is 28.9. The maximum Gasteiger partial charge on any atom is 0.0233 e. The van der Waals surface area contributed by atoms with Gasteiger partial charge >= 0.3 is 0 Å². The Hall–Kier alpha value is -0.380. The Labute approximate surface area is 118 Å². The van der Waals surface area contributed by atoms with Crippen LogP contribution in [-0.4, -0.2) is 31.1 Å². The standard InChI is InChI=1S/C15H21BrN2/c16-15-3-1-12(2-4-15)10-18-8-6-13-9-17-7-5-14(13)11-18/h1-4,13-14,17H,5-11H2. The fourth-order valence-electron chi connectivity index (χ4n) is 3.32. The van der Waals surface area contributed by atoms with E-state index in [4.69, 9.17) is 0 Å². The lowest BCUT2D eigenvalue weighted by Crippen LogP contribution is -2.47. The molecular formula is C15H21BrN2. The van der Waals surface area contributed by atoms with Crippen molar-refractivity contribution in [2.45, 2.75) is 19.4 Å². The maximum atomic E-state index is 3.53. The molecule has 2 unspecified atom stereocenters. The number of fused-ring (bicyclic) bond motifs is 1. The molecule has 98 valence electrons. The van der Waals surface area contributed by atoms with Crippen molar-refractivity contribution < 1.29 is 0 Å². The molecular weight excluding hydrogens is 288 g/mol. The molecule has 2 aliphatic rings. The zero-order chi connectivity index (χ0) is 12.4. The second-order valence-corrected chi connectivity index (χ2v) is 6.58. The monoisotopic (exact) mass is 308 g/mol. The van der Waals surface area contributed by atoms with E-state index in [1.165, 1.54) is 49.1 Å². The van der Waals surface area contributed by atoms with Gasteiger partial charge in [0.25, 0.3) is 0 Å². The third-order valence-electron chi connectivity index (χ3n) is 4.39. The molecule has 1 aromatic rings. The first-order valence-electron chi connectivity index (χ1n) is 6.99. The minimum absolute atomic E-state index is 0.926. The average molecular weight is 309 g/mol. The molecule has 0 spiro atoms. The maximum absolute atomic E-state index is 3.53. The van der Waals surface area contributed by atoms with Gasteiger partial charge < -0.3 is 5.32 Å². The van der Waals surface area contributed by atoms with Crippen LogP contribution in [0.4, 0.5) is 0 Å². The van der Waals surface area contributed by atoms with Crippen molar-refractivity contribution in [3.8, 4) is 0 Å². The molecule has 2 saturated heterocycles. The van der Waals surface area contributed by atoms with Gasteiger partial charge in [-0.05, 0) is 62.0 Å². The Kier molecular flexibility index (Phi) is 4.02. The Morgan fingerprint density at radius 3 is 2.83 bits per heavy atom. The number of hydrogen-bond acceptors (Lipinski definition) is 2. The fraction of sp³-hybridized carbons (Fsp3) is 0.600. The first-order chi connectivity index (χ1) is 8.81. The molecule has 2 aliphatic heterocycles. The lowest BCUT2D eigenvalue weighted by atomic mass is 9.81. The van der Waals surface area contributed by atoms with Crippen molar-refractivity contribution >= 4 is 15.9 Å². The fourth-order valence-corrected chi connectivity index (χ4v) is 3.58. The molecule has 0 aliphatic carbocycles. The molecule has 0 radical (unpaired) electrons. The summed E-state index contributed by atoms with van der Waals surface area (Å²) < 4.78 is 1.17. The highest BCUT2D eigenvalue weighted by Crippen LogP contribution is 2.28. The second-order valence-electron chi connectivity index (χ2n) is 5.66. The van der Waals surface area contributed by atoms with E-state index in [-0.39, 0.29) is 0 Å². The van der Waals surface area contributed by atoms with Gasteiger partial charge in [-0.3, -0.25) is 4.90 Å². The molecule has 2 fully saturated rings. The van der Waals surface area contributed by atoms with Gasteiger partial charge in [-0.15, -0.1) is 0 Å². The highest BCUT2D eigenvalue weighted by Gasteiger charge is 2.30. The SMILES string of the molecule is Brc1ccc(CN2CCC3CNCCC3C2)cc1. The van der Waals surface area contributed by atoms with Gasteiger partial charge in [-0.25, -0.2) is 0 Å². The molecule has 2 heterocycles. The van der Waals surface area contributed by atoms with Gasteiger partial charge in [-0.2, -0.15) is 0 Å². The zero-order valence-corrected chi connectivity index (χ0v) is 12.3. The summed E-state index contributed by atoms with van der Waals surface area (Å²) in [4.78, 5) is 2.63. The summed E-state index contributed by atoms with van der Waals surface area (Å²) in [5, 5.41) is 3.53. The highest BCUT2D eigenvalue weighted by molar-refractivity contribution is 9.10. The highest BCUT2D eigenvalue weighted by atomic mass is 79.9. The molecule has 1 N–H and O–H groups in total. The molecule has 0 amide bonds. The number of rotatable bonds is 2. The summed E-state index contributed by atoms with van der Waals surface area (Å²) in [7, 11) is 0. The summed E-state index contributed by atoms with van der Waals surface area (Å²) in [5.41, 5.74) is 1.44. The van der Waals surface area contributed by atoms with E-state index in [0.717, 1.165) is 18.4 Å². The van der Waals surface area contributed by atoms with Gasteiger partial charge in [0.1, 0.15) is 0 Å². The van der Waals surface area contributed by atoms with Crippen LogP contribution in [0.1, 0.15) is 18.4 Å². The van der Waals surface area contributed by atoms with Crippen molar-refractivity contribution in [2.75, 3.05) is 26.2 Å². The molecule has 18 heavy (non-hydrogen) atoms. The predicted octanol–water partition coefficient (Wildman–Crippen LogP) is 2.88. The quantitative estimate of drug-likeness (QED) is 0.904. The summed E-state index contributed by atoms with van der Waals surface area (Å²) in [6.07, 6.45) is 2.73. The third-order valence-corrected chi connectivity index (χ3v) is 4.92. The van der Waals surface area contributed by atoms with E-state index in [1.54, 1.807) is 0 Å². The van der Waals surface area contributed by atoms with E-state index < -0.39 is 0 Å². The van der Waals surface area contributed by atoms with Crippen LogP contribution >= 0.6 is 15.9 Å². The Balaban J connectivity index is 1.59. The first kappa shape index (κ1) is 12.6. The Morgan fingerprint density at radius 2 is 2.00 bits per heavy atom. The summed E-state index contributed by atoms with van der Waals surface area (Å²) in [6.45, 7) is 6.13. The number of halogens is 1. The van der Waals surface area contributed by atoms with Crippen LogP contribution in [0, 0.1) is 11.8 Å². The number of piperidine rings is 2. The molecule has 3 heteroatoms. The van der Waals surface area contributed by atoms with Crippen molar-refractivity contribution in [1.82, 2.24) is 10.2 Å². The van der Waals surface area contributed by atoms with Gasteiger partial charge in [-0.1, -0.05) is 28.1 Å². The van der Waals surface area contributed by atoms with Crippen molar-refractivity contribution in [3.05, 3.63) is 34.3 Å². The summed E-state index contributed by atoms with van der Waals surface area (Å²) in [5.74, 6) is 1.86. The zero-order valence-electron chi connectivity index (χ0n) is 10.7. The van der Waals surface area contributed by atoms with Crippen molar-refractivity contribution in [1.29, 1.82) is 0 Å². The van der Waals surface area contributed by atoms with E-state index in [2.05, 4.69) is 50.4 Å². The first-order valence-corrected chi connectivity index (χ1v) is 7.78. The van der Waals surface area contributed by atoms with Crippen LogP contribution in [0.15, 0.2) is 28.7 Å². The molecule has 0 bridgehead atoms. The molecule has 0 aromatic heterocycles. The lowest BCUT2D eigenvalue weighted by molar-refractivity contribution is 0.0904.